The lowest BCUT2D eigenvalue weighted by Crippen LogP contribution is -2.35. The maximum Gasteiger partial charge on any atom is 0.233 e. The molecular weight excluding hydrogens is 317 g/mol. The minimum atomic E-state index is 0. The number of aromatic nitrogens is 1. The van der Waals surface area contributed by atoms with Crippen molar-refractivity contribution in [3.8, 4) is 0 Å². The van der Waals surface area contributed by atoms with Crippen LogP contribution in [0.5, 0.6) is 0 Å². The van der Waals surface area contributed by atoms with Gasteiger partial charge in [0.25, 0.3) is 0 Å². The van der Waals surface area contributed by atoms with Gasteiger partial charge in [-0.15, -0.1) is 36.2 Å². The van der Waals surface area contributed by atoms with E-state index in [0.717, 1.165) is 29.6 Å². The molecule has 0 atom stereocenters. The van der Waals surface area contributed by atoms with Crippen molar-refractivity contribution in [2.75, 3.05) is 19.6 Å². The third kappa shape index (κ3) is 6.88. The van der Waals surface area contributed by atoms with Gasteiger partial charge in [0.05, 0.1) is 17.2 Å². The van der Waals surface area contributed by atoms with Crippen molar-refractivity contribution in [3.05, 3.63) is 15.6 Å². The van der Waals surface area contributed by atoms with Crippen LogP contribution in [0, 0.1) is 19.8 Å². The zero-order valence-electron chi connectivity index (χ0n) is 11.9. The Hall–Kier alpha value is -0.360. The highest BCUT2D eigenvalue weighted by Gasteiger charge is 2.20. The van der Waals surface area contributed by atoms with Gasteiger partial charge in [-0.05, 0) is 39.2 Å². The molecule has 1 amide bonds. The maximum absolute atomic E-state index is 11.5. The Kier molecular flexibility index (Phi) is 9.38. The highest BCUT2D eigenvalue weighted by atomic mass is 35.5. The van der Waals surface area contributed by atoms with Crippen molar-refractivity contribution < 1.29 is 4.79 Å². The van der Waals surface area contributed by atoms with E-state index < -0.39 is 0 Å². The molecule has 1 saturated carbocycles. The molecule has 1 fully saturated rings. The predicted octanol–water partition coefficient (Wildman–Crippen LogP) is 2.26. The first kappa shape index (κ1) is 19.6. The molecule has 0 aliphatic heterocycles. The molecule has 2 N–H and O–H groups in total. The van der Waals surface area contributed by atoms with E-state index in [4.69, 9.17) is 0 Å². The molecular formula is C13H23Cl2N3OS. The summed E-state index contributed by atoms with van der Waals surface area (Å²) in [6.45, 7) is 6.20. The van der Waals surface area contributed by atoms with Crippen LogP contribution in [0.25, 0.3) is 0 Å². The Morgan fingerprint density at radius 3 is 2.60 bits per heavy atom. The standard InChI is InChI=1S/C13H21N3OS.2ClH/c1-9-10(2)18-13(16-9)5-6-15-12(17)8-14-7-11-3-4-11;;/h11,14H,3-8H2,1-2H3,(H,15,17);2*1H. The Morgan fingerprint density at radius 1 is 1.35 bits per heavy atom. The van der Waals surface area contributed by atoms with Crippen LogP contribution in [0.4, 0.5) is 0 Å². The number of hydrogen-bond acceptors (Lipinski definition) is 4. The van der Waals surface area contributed by atoms with Crippen LogP contribution in [0.2, 0.25) is 0 Å². The minimum absolute atomic E-state index is 0. The molecule has 7 heteroatoms. The summed E-state index contributed by atoms with van der Waals surface area (Å²) in [7, 11) is 0. The summed E-state index contributed by atoms with van der Waals surface area (Å²) >= 11 is 1.72. The number of hydrogen-bond donors (Lipinski definition) is 2. The average molecular weight is 340 g/mol. The van der Waals surface area contributed by atoms with Gasteiger partial charge >= 0.3 is 0 Å². The smallest absolute Gasteiger partial charge is 0.233 e. The van der Waals surface area contributed by atoms with E-state index in [1.165, 1.54) is 17.7 Å². The molecule has 2 rings (SSSR count). The molecule has 0 radical (unpaired) electrons. The van der Waals surface area contributed by atoms with Gasteiger partial charge in [0.1, 0.15) is 0 Å². The van der Waals surface area contributed by atoms with Gasteiger partial charge in [-0.2, -0.15) is 0 Å². The fraction of sp³-hybridized carbons (Fsp3) is 0.692. The number of aryl methyl sites for hydroxylation is 2. The molecule has 1 heterocycles. The van der Waals surface area contributed by atoms with Gasteiger partial charge < -0.3 is 10.6 Å². The highest BCUT2D eigenvalue weighted by molar-refractivity contribution is 7.11. The summed E-state index contributed by atoms with van der Waals surface area (Å²) in [4.78, 5) is 17.2. The summed E-state index contributed by atoms with van der Waals surface area (Å²) in [6.07, 6.45) is 3.46. The topological polar surface area (TPSA) is 54.0 Å². The van der Waals surface area contributed by atoms with E-state index in [9.17, 15) is 4.79 Å². The first-order valence-electron chi connectivity index (χ1n) is 6.55. The zero-order valence-corrected chi connectivity index (χ0v) is 14.3. The number of rotatable bonds is 7. The molecule has 1 aliphatic carbocycles. The summed E-state index contributed by atoms with van der Waals surface area (Å²) in [6, 6.07) is 0. The Bertz CT molecular complexity index is 402. The van der Waals surface area contributed by atoms with Crippen LogP contribution in [-0.4, -0.2) is 30.5 Å². The van der Waals surface area contributed by atoms with Crippen LogP contribution in [0.3, 0.4) is 0 Å². The average Bonchev–Trinajstić information content (AvgIpc) is 3.07. The fourth-order valence-corrected chi connectivity index (χ4v) is 2.66. The lowest BCUT2D eigenvalue weighted by atomic mass is 10.4. The second kappa shape index (κ2) is 9.55. The van der Waals surface area contributed by atoms with Gasteiger partial charge in [-0.1, -0.05) is 0 Å². The normalized spacial score (nSPS) is 13.3. The lowest BCUT2D eigenvalue weighted by Gasteiger charge is -2.05. The minimum Gasteiger partial charge on any atom is -0.355 e. The predicted molar refractivity (Wildman–Crippen MR) is 88.4 cm³/mol. The van der Waals surface area contributed by atoms with E-state index in [0.29, 0.717) is 13.1 Å². The van der Waals surface area contributed by atoms with Crippen molar-refractivity contribution >= 4 is 42.1 Å². The van der Waals surface area contributed by atoms with Crippen LogP contribution < -0.4 is 10.6 Å². The van der Waals surface area contributed by atoms with Gasteiger partial charge in [0, 0.05) is 17.8 Å². The van der Waals surface area contributed by atoms with E-state index >= 15 is 0 Å². The summed E-state index contributed by atoms with van der Waals surface area (Å²) < 4.78 is 0. The van der Waals surface area contributed by atoms with Gasteiger partial charge in [-0.25, -0.2) is 4.98 Å². The second-order valence-electron chi connectivity index (χ2n) is 4.92. The van der Waals surface area contributed by atoms with Gasteiger partial charge in [0.15, 0.2) is 0 Å². The molecule has 1 aromatic heterocycles. The Morgan fingerprint density at radius 2 is 2.05 bits per heavy atom. The van der Waals surface area contributed by atoms with Crippen LogP contribution >= 0.6 is 36.2 Å². The maximum atomic E-state index is 11.5. The number of carbonyl (C=O) groups is 1. The third-order valence-corrected chi connectivity index (χ3v) is 4.28. The molecule has 0 saturated heterocycles. The zero-order chi connectivity index (χ0) is 13.0. The van der Waals surface area contributed by atoms with Crippen molar-refractivity contribution in [1.29, 1.82) is 0 Å². The van der Waals surface area contributed by atoms with E-state index in [1.807, 2.05) is 6.92 Å². The van der Waals surface area contributed by atoms with Gasteiger partial charge in [-0.3, -0.25) is 4.79 Å². The van der Waals surface area contributed by atoms with Crippen LogP contribution in [0.15, 0.2) is 0 Å². The quantitative estimate of drug-likeness (QED) is 0.801. The largest absolute Gasteiger partial charge is 0.355 e. The van der Waals surface area contributed by atoms with Crippen LogP contribution in [0.1, 0.15) is 28.4 Å². The van der Waals surface area contributed by atoms with E-state index in [1.54, 1.807) is 11.3 Å². The van der Waals surface area contributed by atoms with Crippen molar-refractivity contribution in [2.24, 2.45) is 5.92 Å². The lowest BCUT2D eigenvalue weighted by molar-refractivity contribution is -0.120. The van der Waals surface area contributed by atoms with E-state index in [2.05, 4.69) is 22.5 Å². The number of halogens is 2. The summed E-state index contributed by atoms with van der Waals surface area (Å²) in [5.74, 6) is 0.903. The second-order valence-corrected chi connectivity index (χ2v) is 6.21. The fourth-order valence-electron chi connectivity index (χ4n) is 1.73. The molecule has 4 nitrogen and oxygen atoms in total. The molecule has 0 unspecified atom stereocenters. The van der Waals surface area contributed by atoms with Gasteiger partial charge in [0.2, 0.25) is 5.91 Å². The first-order chi connectivity index (χ1) is 8.65. The van der Waals surface area contributed by atoms with Crippen LogP contribution in [-0.2, 0) is 11.2 Å². The van der Waals surface area contributed by atoms with Crippen molar-refractivity contribution in [2.45, 2.75) is 33.1 Å². The van der Waals surface area contributed by atoms with Crippen molar-refractivity contribution in [3.63, 3.8) is 0 Å². The Labute approximate surface area is 137 Å². The highest BCUT2D eigenvalue weighted by Crippen LogP contribution is 2.27. The molecule has 0 aromatic carbocycles. The number of amides is 1. The van der Waals surface area contributed by atoms with E-state index in [-0.39, 0.29) is 30.7 Å². The molecule has 0 spiro atoms. The summed E-state index contributed by atoms with van der Waals surface area (Å²) in [5.41, 5.74) is 1.10. The summed E-state index contributed by atoms with van der Waals surface area (Å²) in [5, 5.41) is 7.21. The molecule has 1 aliphatic rings. The SMILES string of the molecule is Cc1nc(CCNC(=O)CNCC2CC2)sc1C.Cl.Cl. The van der Waals surface area contributed by atoms with Crippen molar-refractivity contribution in [1.82, 2.24) is 15.6 Å². The molecule has 0 bridgehead atoms. The third-order valence-electron chi connectivity index (χ3n) is 3.15. The number of carbonyl (C=O) groups excluding carboxylic acids is 1. The molecule has 116 valence electrons. The monoisotopic (exact) mass is 339 g/mol. The number of nitrogens with one attached hydrogen (secondary N) is 2. The Balaban J connectivity index is 0.00000180. The number of thiazole rings is 1. The number of nitrogens with zero attached hydrogens (tertiary/aromatic N) is 1. The molecule has 20 heavy (non-hydrogen) atoms. The molecule has 1 aromatic rings. The first-order valence-corrected chi connectivity index (χ1v) is 7.37.